The fraction of sp³-hybridized carbons (Fsp3) is 0.344. The number of carbonyl (C=O) groups excluding carboxylic acids is 1. The number of aromatic nitrogens is 1. The van der Waals surface area contributed by atoms with Crippen molar-refractivity contribution >= 4 is 51.0 Å². The zero-order chi connectivity index (χ0) is 29.1. The average molecular weight is 567 g/mol. The van der Waals surface area contributed by atoms with Crippen molar-refractivity contribution in [2.45, 2.75) is 45.1 Å². The Morgan fingerprint density at radius 2 is 1.38 bits per heavy atom. The summed E-state index contributed by atoms with van der Waals surface area (Å²) in [6.07, 6.45) is 7.97. The normalized spacial score (nSPS) is 15.9. The number of pyridine rings is 1. The monoisotopic (exact) mass is 566 g/mol. The van der Waals surface area contributed by atoms with Crippen molar-refractivity contribution in [3.8, 4) is 0 Å². The van der Waals surface area contributed by atoms with Crippen LogP contribution in [0.3, 0.4) is 0 Å². The second-order valence-electron chi connectivity index (χ2n) is 11.0. The number of nitro groups is 1. The first-order valence-electron chi connectivity index (χ1n) is 14.7. The average Bonchev–Trinajstić information content (AvgIpc) is 3.03. The summed E-state index contributed by atoms with van der Waals surface area (Å²) >= 11 is 0. The van der Waals surface area contributed by atoms with Gasteiger partial charge in [-0.15, -0.1) is 0 Å². The van der Waals surface area contributed by atoms with Gasteiger partial charge in [0.2, 0.25) is 0 Å². The minimum Gasteiger partial charge on any atom is -0.371 e. The Hall–Kier alpha value is -4.73. The first-order valence-corrected chi connectivity index (χ1v) is 14.7. The Bertz CT molecular complexity index is 1670. The fourth-order valence-electron chi connectivity index (χ4n) is 6.23. The number of hydrogen-bond donors (Lipinski definition) is 1. The molecule has 2 aliphatic rings. The number of benzene rings is 3. The van der Waals surface area contributed by atoms with E-state index in [4.69, 9.17) is 0 Å². The lowest BCUT2D eigenvalue weighted by molar-refractivity contribution is -0.384. The van der Waals surface area contributed by atoms with Crippen LogP contribution in [0.4, 0.5) is 17.1 Å². The Balaban J connectivity index is 1.31. The Labute approximate surface area is 243 Å². The molecule has 3 aromatic carbocycles. The summed E-state index contributed by atoms with van der Waals surface area (Å²) in [7, 11) is 0. The van der Waals surface area contributed by atoms with E-state index in [2.05, 4.69) is 20.3 Å². The SMILES string of the molecule is O=C(Cn1c2ccccc2c(=O)c2ccccc21)N/N=C\c1cc([N+](=O)[O-])c(N2CCCCC2)cc1N1CCCCC1. The Kier molecular flexibility index (Phi) is 7.85. The van der Waals surface area contributed by atoms with Gasteiger partial charge in [-0.1, -0.05) is 24.3 Å². The van der Waals surface area contributed by atoms with Gasteiger partial charge in [-0.2, -0.15) is 5.10 Å². The number of amides is 1. The molecule has 2 aliphatic heterocycles. The molecule has 1 aromatic heterocycles. The third-order valence-corrected chi connectivity index (χ3v) is 8.29. The first kappa shape index (κ1) is 27.4. The molecule has 10 nitrogen and oxygen atoms in total. The number of nitro benzene ring substituents is 1. The molecule has 2 saturated heterocycles. The number of rotatable bonds is 7. The van der Waals surface area contributed by atoms with Gasteiger partial charge >= 0.3 is 0 Å². The Morgan fingerprint density at radius 1 is 0.833 bits per heavy atom. The standard InChI is InChI=1S/C32H34N6O4/c39-31(22-37-26-13-5-3-11-24(26)32(40)25-12-4-6-14-27(25)37)34-33-21-23-19-30(38(41)42)29(36-17-9-2-10-18-36)20-28(23)35-15-7-1-8-16-35/h3-6,11-14,19-21H,1-2,7-10,15-18,22H2,(H,34,39)/b33-21-. The van der Waals surface area contributed by atoms with Gasteiger partial charge < -0.3 is 14.4 Å². The molecule has 0 unspecified atom stereocenters. The molecule has 0 atom stereocenters. The number of piperidine rings is 2. The number of fused-ring (bicyclic) bond motifs is 2. The molecule has 42 heavy (non-hydrogen) atoms. The number of nitrogens with zero attached hydrogens (tertiary/aromatic N) is 5. The minimum absolute atomic E-state index is 0.0499. The van der Waals surface area contributed by atoms with Crippen LogP contribution in [-0.2, 0) is 11.3 Å². The lowest BCUT2D eigenvalue weighted by Crippen LogP contribution is -2.32. The Morgan fingerprint density at radius 3 is 1.95 bits per heavy atom. The summed E-state index contributed by atoms with van der Waals surface area (Å²) in [4.78, 5) is 42.4. The van der Waals surface area contributed by atoms with E-state index in [9.17, 15) is 19.7 Å². The van der Waals surface area contributed by atoms with E-state index in [-0.39, 0.29) is 28.5 Å². The molecule has 1 amide bonds. The van der Waals surface area contributed by atoms with Crippen LogP contribution in [0.15, 0.2) is 70.6 Å². The van der Waals surface area contributed by atoms with E-state index in [1.165, 1.54) is 6.21 Å². The van der Waals surface area contributed by atoms with Gasteiger partial charge in [-0.25, -0.2) is 5.43 Å². The lowest BCUT2D eigenvalue weighted by atomic mass is 10.0. The van der Waals surface area contributed by atoms with Crippen LogP contribution in [0.2, 0.25) is 0 Å². The van der Waals surface area contributed by atoms with E-state index in [0.717, 1.165) is 70.4 Å². The molecule has 216 valence electrons. The van der Waals surface area contributed by atoms with Gasteiger partial charge in [0.25, 0.3) is 11.6 Å². The largest absolute Gasteiger partial charge is 0.371 e. The van der Waals surface area contributed by atoms with Crippen molar-refractivity contribution in [2.75, 3.05) is 36.0 Å². The van der Waals surface area contributed by atoms with Gasteiger partial charge in [0.1, 0.15) is 12.2 Å². The van der Waals surface area contributed by atoms with Gasteiger partial charge in [0.05, 0.1) is 22.2 Å². The van der Waals surface area contributed by atoms with Crippen molar-refractivity contribution in [1.82, 2.24) is 9.99 Å². The summed E-state index contributed by atoms with van der Waals surface area (Å²) in [5.41, 5.74) is 6.07. The van der Waals surface area contributed by atoms with Crippen LogP contribution < -0.4 is 20.7 Å². The highest BCUT2D eigenvalue weighted by Gasteiger charge is 2.26. The molecule has 0 aliphatic carbocycles. The highest BCUT2D eigenvalue weighted by Crippen LogP contribution is 2.37. The predicted molar refractivity (Wildman–Crippen MR) is 167 cm³/mol. The van der Waals surface area contributed by atoms with E-state index < -0.39 is 0 Å². The molecule has 6 rings (SSSR count). The highest BCUT2D eigenvalue weighted by atomic mass is 16.6. The number of anilines is 2. The number of para-hydroxylation sites is 2. The molecular formula is C32H34N6O4. The molecule has 1 N–H and O–H groups in total. The van der Waals surface area contributed by atoms with Crippen LogP contribution >= 0.6 is 0 Å². The molecule has 2 fully saturated rings. The van der Waals surface area contributed by atoms with Crippen LogP contribution in [0.25, 0.3) is 21.8 Å². The van der Waals surface area contributed by atoms with E-state index >= 15 is 0 Å². The van der Waals surface area contributed by atoms with Gasteiger partial charge in [-0.05, 0) is 68.9 Å². The zero-order valence-electron chi connectivity index (χ0n) is 23.5. The third-order valence-electron chi connectivity index (χ3n) is 8.29. The molecule has 0 bridgehead atoms. The maximum absolute atomic E-state index is 13.1. The molecule has 10 heteroatoms. The summed E-state index contributed by atoms with van der Waals surface area (Å²) in [5.74, 6) is -0.371. The van der Waals surface area contributed by atoms with Crippen LogP contribution in [0.1, 0.15) is 44.1 Å². The van der Waals surface area contributed by atoms with Crippen molar-refractivity contribution in [3.05, 3.63) is 86.6 Å². The van der Waals surface area contributed by atoms with Gasteiger partial charge in [0, 0.05) is 54.3 Å². The topological polar surface area (TPSA) is 113 Å². The van der Waals surface area contributed by atoms with Crippen LogP contribution in [0.5, 0.6) is 0 Å². The molecule has 4 aromatic rings. The van der Waals surface area contributed by atoms with Crippen molar-refractivity contribution in [3.63, 3.8) is 0 Å². The number of carbonyl (C=O) groups is 1. The van der Waals surface area contributed by atoms with E-state index in [1.807, 2.05) is 47.0 Å². The quantitative estimate of drug-likeness (QED) is 0.143. The zero-order valence-corrected chi connectivity index (χ0v) is 23.5. The maximum atomic E-state index is 13.1. The number of hydrogen-bond acceptors (Lipinski definition) is 7. The van der Waals surface area contributed by atoms with Crippen molar-refractivity contribution in [1.29, 1.82) is 0 Å². The second-order valence-corrected chi connectivity index (χ2v) is 11.0. The van der Waals surface area contributed by atoms with Crippen molar-refractivity contribution in [2.24, 2.45) is 5.10 Å². The molecule has 0 radical (unpaired) electrons. The second kappa shape index (κ2) is 12.0. The fourth-order valence-corrected chi connectivity index (χ4v) is 6.23. The molecule has 3 heterocycles. The third kappa shape index (κ3) is 5.44. The molecular weight excluding hydrogens is 532 g/mol. The number of hydrazone groups is 1. The summed E-state index contributed by atoms with van der Waals surface area (Å²) in [6, 6.07) is 18.0. The van der Waals surface area contributed by atoms with E-state index in [1.54, 1.807) is 18.2 Å². The number of nitrogens with one attached hydrogen (secondary N) is 1. The maximum Gasteiger partial charge on any atom is 0.293 e. The highest BCUT2D eigenvalue weighted by molar-refractivity contribution is 5.96. The smallest absolute Gasteiger partial charge is 0.293 e. The minimum atomic E-state index is -0.371. The summed E-state index contributed by atoms with van der Waals surface area (Å²) in [6.45, 7) is 3.30. The van der Waals surface area contributed by atoms with Gasteiger partial charge in [0.15, 0.2) is 5.43 Å². The molecule has 0 saturated carbocycles. The van der Waals surface area contributed by atoms with Gasteiger partial charge in [-0.3, -0.25) is 19.7 Å². The van der Waals surface area contributed by atoms with Crippen LogP contribution in [0, 0.1) is 10.1 Å². The van der Waals surface area contributed by atoms with Crippen LogP contribution in [-0.4, -0.2) is 47.8 Å². The molecule has 0 spiro atoms. The summed E-state index contributed by atoms with van der Waals surface area (Å²) in [5, 5.41) is 17.5. The van der Waals surface area contributed by atoms with Crippen molar-refractivity contribution < 1.29 is 9.72 Å². The first-order chi connectivity index (χ1) is 20.5. The summed E-state index contributed by atoms with van der Waals surface area (Å²) < 4.78 is 1.81. The predicted octanol–water partition coefficient (Wildman–Crippen LogP) is 5.19. The lowest BCUT2D eigenvalue weighted by Gasteiger charge is -2.33. The van der Waals surface area contributed by atoms with E-state index in [0.29, 0.717) is 33.1 Å².